The van der Waals surface area contributed by atoms with Crippen molar-refractivity contribution in [2.75, 3.05) is 0 Å². The maximum atomic E-state index is 8.95. The summed E-state index contributed by atoms with van der Waals surface area (Å²) in [6, 6.07) is 18.1. The molecule has 0 aliphatic carbocycles. The van der Waals surface area contributed by atoms with Gasteiger partial charge in [0.2, 0.25) is 0 Å². The normalized spacial score (nSPS) is 13.5. The van der Waals surface area contributed by atoms with Gasteiger partial charge in [-0.3, -0.25) is 0 Å². The van der Waals surface area contributed by atoms with Crippen molar-refractivity contribution < 1.29 is 0 Å². The number of nitrogens with zero attached hydrogens (tertiary/aromatic N) is 1. The average Bonchev–Trinajstić information content (AvgIpc) is 2.47. The molecule has 0 saturated carbocycles. The first-order valence-corrected chi connectivity index (χ1v) is 6.99. The van der Waals surface area contributed by atoms with Gasteiger partial charge >= 0.3 is 0 Å². The van der Waals surface area contributed by atoms with Crippen LogP contribution in [0.1, 0.15) is 42.6 Å². The zero-order chi connectivity index (χ0) is 14.5. The van der Waals surface area contributed by atoms with Crippen molar-refractivity contribution in [3.63, 3.8) is 0 Å². The van der Waals surface area contributed by atoms with Crippen LogP contribution in [-0.2, 0) is 0 Å². The lowest BCUT2D eigenvalue weighted by Crippen LogP contribution is -2.22. The summed E-state index contributed by atoms with van der Waals surface area (Å²) >= 11 is 6.02. The van der Waals surface area contributed by atoms with Crippen molar-refractivity contribution in [2.24, 2.45) is 0 Å². The van der Waals surface area contributed by atoms with Gasteiger partial charge in [0.1, 0.15) is 0 Å². The summed E-state index contributed by atoms with van der Waals surface area (Å²) in [7, 11) is 0. The highest BCUT2D eigenvalue weighted by Gasteiger charge is 2.11. The van der Waals surface area contributed by atoms with E-state index in [4.69, 9.17) is 16.9 Å². The Morgan fingerprint density at radius 2 is 1.60 bits per heavy atom. The number of hydrogen-bond donors (Lipinski definition) is 1. The molecule has 0 bridgehead atoms. The molecule has 0 amide bonds. The molecule has 0 fully saturated rings. The van der Waals surface area contributed by atoms with Gasteiger partial charge in [-0.15, -0.1) is 0 Å². The van der Waals surface area contributed by atoms with Gasteiger partial charge in [-0.05, 0) is 49.2 Å². The van der Waals surface area contributed by atoms with E-state index in [9.17, 15) is 0 Å². The molecule has 3 heteroatoms. The van der Waals surface area contributed by atoms with Crippen LogP contribution in [0.5, 0.6) is 0 Å². The largest absolute Gasteiger partial charge is 0.304 e. The molecule has 2 atom stereocenters. The SMILES string of the molecule is CC(N[C@H](C)c1cccc(Cl)c1)c1cccc(C#N)c1. The summed E-state index contributed by atoms with van der Waals surface area (Å²) in [6.07, 6.45) is 0. The molecule has 0 aliphatic heterocycles. The van der Waals surface area contributed by atoms with Crippen molar-refractivity contribution in [3.8, 4) is 6.07 Å². The molecule has 1 N–H and O–H groups in total. The monoisotopic (exact) mass is 284 g/mol. The molecule has 2 rings (SSSR count). The first kappa shape index (κ1) is 14.6. The average molecular weight is 285 g/mol. The lowest BCUT2D eigenvalue weighted by Gasteiger charge is -2.21. The quantitative estimate of drug-likeness (QED) is 0.889. The first-order chi connectivity index (χ1) is 9.60. The van der Waals surface area contributed by atoms with E-state index < -0.39 is 0 Å². The van der Waals surface area contributed by atoms with E-state index in [1.54, 1.807) is 0 Å². The summed E-state index contributed by atoms with van der Waals surface area (Å²) in [5, 5.41) is 13.2. The number of nitrogens with one attached hydrogen (secondary N) is 1. The van der Waals surface area contributed by atoms with Crippen molar-refractivity contribution in [3.05, 3.63) is 70.2 Å². The molecule has 102 valence electrons. The van der Waals surface area contributed by atoms with E-state index in [2.05, 4.69) is 31.3 Å². The molecule has 0 aromatic heterocycles. The molecular formula is C17H17ClN2. The summed E-state index contributed by atoms with van der Waals surface area (Å²) in [4.78, 5) is 0. The van der Waals surface area contributed by atoms with Gasteiger partial charge in [0.05, 0.1) is 11.6 Å². The third kappa shape index (κ3) is 3.60. The standard InChI is InChI=1S/C17H17ClN2/c1-12(15-6-3-5-14(9-15)11-19)20-13(2)16-7-4-8-17(18)10-16/h3-10,12-13,20H,1-2H3/t12?,13-/m1/s1. The van der Waals surface area contributed by atoms with Crippen LogP contribution in [-0.4, -0.2) is 0 Å². The Balaban J connectivity index is 2.11. The lowest BCUT2D eigenvalue weighted by molar-refractivity contribution is 0.494. The van der Waals surface area contributed by atoms with E-state index in [-0.39, 0.29) is 12.1 Å². The summed E-state index contributed by atoms with van der Waals surface area (Å²) < 4.78 is 0. The van der Waals surface area contributed by atoms with Crippen LogP contribution < -0.4 is 5.32 Å². The van der Waals surface area contributed by atoms with Gasteiger partial charge in [-0.1, -0.05) is 35.9 Å². The van der Waals surface area contributed by atoms with Gasteiger partial charge in [0, 0.05) is 17.1 Å². The van der Waals surface area contributed by atoms with Gasteiger partial charge in [-0.25, -0.2) is 0 Å². The van der Waals surface area contributed by atoms with E-state index in [1.165, 1.54) is 0 Å². The van der Waals surface area contributed by atoms with E-state index in [0.29, 0.717) is 5.56 Å². The molecular weight excluding hydrogens is 268 g/mol. The third-order valence-corrected chi connectivity index (χ3v) is 3.60. The minimum Gasteiger partial charge on any atom is -0.304 e. The number of benzene rings is 2. The predicted molar refractivity (Wildman–Crippen MR) is 82.6 cm³/mol. The second kappa shape index (κ2) is 6.56. The molecule has 0 spiro atoms. The predicted octanol–water partition coefficient (Wildman–Crippen LogP) is 4.62. The van der Waals surface area contributed by atoms with Crippen LogP contribution in [0.4, 0.5) is 0 Å². The Hall–Kier alpha value is -1.82. The number of nitriles is 1. The third-order valence-electron chi connectivity index (χ3n) is 3.36. The fourth-order valence-electron chi connectivity index (χ4n) is 2.22. The second-order valence-electron chi connectivity index (χ2n) is 4.90. The van der Waals surface area contributed by atoms with E-state index in [0.717, 1.165) is 16.1 Å². The zero-order valence-electron chi connectivity index (χ0n) is 11.6. The smallest absolute Gasteiger partial charge is 0.0991 e. The van der Waals surface area contributed by atoms with Gasteiger partial charge in [0.15, 0.2) is 0 Å². The molecule has 20 heavy (non-hydrogen) atoms. The van der Waals surface area contributed by atoms with Gasteiger partial charge in [-0.2, -0.15) is 5.26 Å². The molecule has 2 aromatic carbocycles. The van der Waals surface area contributed by atoms with Crippen molar-refractivity contribution in [1.82, 2.24) is 5.32 Å². The Labute approximate surface area is 125 Å². The van der Waals surface area contributed by atoms with Crippen LogP contribution in [0, 0.1) is 11.3 Å². The minimum absolute atomic E-state index is 0.164. The fraction of sp³-hybridized carbons (Fsp3) is 0.235. The lowest BCUT2D eigenvalue weighted by atomic mass is 10.0. The van der Waals surface area contributed by atoms with Gasteiger partial charge in [0.25, 0.3) is 0 Å². The number of halogens is 1. The van der Waals surface area contributed by atoms with E-state index in [1.807, 2.05) is 42.5 Å². The summed E-state index contributed by atoms with van der Waals surface area (Å²) in [6.45, 7) is 4.20. The molecule has 0 heterocycles. The van der Waals surface area contributed by atoms with Crippen LogP contribution >= 0.6 is 11.6 Å². The van der Waals surface area contributed by atoms with Crippen LogP contribution in [0.25, 0.3) is 0 Å². The maximum absolute atomic E-state index is 8.95. The maximum Gasteiger partial charge on any atom is 0.0991 e. The Morgan fingerprint density at radius 3 is 2.20 bits per heavy atom. The van der Waals surface area contributed by atoms with Crippen LogP contribution in [0.3, 0.4) is 0 Å². The molecule has 0 aliphatic rings. The Kier molecular flexibility index (Phi) is 4.79. The zero-order valence-corrected chi connectivity index (χ0v) is 12.4. The molecule has 0 saturated heterocycles. The van der Waals surface area contributed by atoms with Gasteiger partial charge < -0.3 is 5.32 Å². The van der Waals surface area contributed by atoms with Crippen molar-refractivity contribution in [2.45, 2.75) is 25.9 Å². The first-order valence-electron chi connectivity index (χ1n) is 6.61. The highest BCUT2D eigenvalue weighted by molar-refractivity contribution is 6.30. The topological polar surface area (TPSA) is 35.8 Å². The van der Waals surface area contributed by atoms with Crippen molar-refractivity contribution >= 4 is 11.6 Å². The minimum atomic E-state index is 0.164. The van der Waals surface area contributed by atoms with Crippen molar-refractivity contribution in [1.29, 1.82) is 5.26 Å². The number of rotatable bonds is 4. The fourth-order valence-corrected chi connectivity index (χ4v) is 2.42. The summed E-state index contributed by atoms with van der Waals surface area (Å²) in [5.74, 6) is 0. The highest BCUT2D eigenvalue weighted by atomic mass is 35.5. The molecule has 1 unspecified atom stereocenters. The molecule has 2 aromatic rings. The Morgan fingerprint density at radius 1 is 1.00 bits per heavy atom. The van der Waals surface area contributed by atoms with Crippen LogP contribution in [0.2, 0.25) is 5.02 Å². The highest BCUT2D eigenvalue weighted by Crippen LogP contribution is 2.22. The van der Waals surface area contributed by atoms with Crippen LogP contribution in [0.15, 0.2) is 48.5 Å². The molecule has 0 radical (unpaired) electrons. The Bertz CT molecular complexity index is 631. The summed E-state index contributed by atoms with van der Waals surface area (Å²) in [5.41, 5.74) is 2.95. The number of hydrogen-bond acceptors (Lipinski definition) is 2. The van der Waals surface area contributed by atoms with E-state index >= 15 is 0 Å². The molecule has 2 nitrogen and oxygen atoms in total. The second-order valence-corrected chi connectivity index (χ2v) is 5.34.